The lowest BCUT2D eigenvalue weighted by atomic mass is 9.50. The van der Waals surface area contributed by atoms with Gasteiger partial charge in [0, 0.05) is 11.5 Å². The molecule has 1 aromatic carbocycles. The van der Waals surface area contributed by atoms with E-state index >= 15 is 0 Å². The summed E-state index contributed by atoms with van der Waals surface area (Å²) in [6.07, 6.45) is 12.1. The molecule has 1 aromatic rings. The minimum absolute atomic E-state index is 0.0408. The minimum atomic E-state index is -0.505. The highest BCUT2D eigenvalue weighted by Crippen LogP contribution is 2.60. The Kier molecular flexibility index (Phi) is 3.30. The van der Waals surface area contributed by atoms with Gasteiger partial charge in [-0.05, 0) is 86.7 Å². The van der Waals surface area contributed by atoms with Gasteiger partial charge >= 0.3 is 0 Å². The summed E-state index contributed by atoms with van der Waals surface area (Å²) in [5.41, 5.74) is 1.38. The van der Waals surface area contributed by atoms with Crippen molar-refractivity contribution in [2.45, 2.75) is 57.3 Å². The zero-order valence-corrected chi connectivity index (χ0v) is 14.0. The molecule has 3 heteroatoms. The maximum absolute atomic E-state index is 14.1. The van der Waals surface area contributed by atoms with Gasteiger partial charge in [0.05, 0.1) is 12.2 Å². The Bertz CT molecular complexity index is 641. The number of rotatable bonds is 5. The van der Waals surface area contributed by atoms with Crippen LogP contribution in [0, 0.1) is 29.0 Å². The summed E-state index contributed by atoms with van der Waals surface area (Å²) in [5.74, 6) is 3.29. The predicted molar refractivity (Wildman–Crippen MR) is 89.3 cm³/mol. The van der Waals surface area contributed by atoms with E-state index in [1.54, 1.807) is 12.4 Å². The fraction of sp³-hybridized carbons (Fsp3) is 0.667. The van der Waals surface area contributed by atoms with E-state index in [-0.39, 0.29) is 5.56 Å². The highest BCUT2D eigenvalue weighted by atomic mass is 19.1. The van der Waals surface area contributed by atoms with Crippen LogP contribution in [0.15, 0.2) is 12.1 Å². The maximum atomic E-state index is 14.1. The molecule has 5 aliphatic rings. The van der Waals surface area contributed by atoms with Crippen LogP contribution in [0.5, 0.6) is 5.75 Å². The Morgan fingerprint density at radius 1 is 1.08 bits per heavy atom. The summed E-state index contributed by atoms with van der Waals surface area (Å²) in [5, 5.41) is 0. The fourth-order valence-electron chi connectivity index (χ4n) is 6.19. The van der Waals surface area contributed by atoms with Crippen LogP contribution in [0.3, 0.4) is 0 Å². The van der Waals surface area contributed by atoms with Crippen molar-refractivity contribution in [1.82, 2.24) is 0 Å². The van der Waals surface area contributed by atoms with Crippen molar-refractivity contribution in [2.24, 2.45) is 23.2 Å². The van der Waals surface area contributed by atoms with E-state index in [9.17, 15) is 9.18 Å². The molecule has 0 aromatic heterocycles. The van der Waals surface area contributed by atoms with E-state index in [2.05, 4.69) is 0 Å². The number of benzene rings is 1. The van der Waals surface area contributed by atoms with E-state index < -0.39 is 5.82 Å². The van der Waals surface area contributed by atoms with E-state index in [1.807, 2.05) is 0 Å². The second-order valence-electron chi connectivity index (χ2n) is 8.95. The molecule has 127 valence electrons. The van der Waals surface area contributed by atoms with Crippen molar-refractivity contribution in [3.05, 3.63) is 29.1 Å². The molecule has 0 heterocycles. The number of ether oxygens (including phenoxy) is 1. The monoisotopic (exact) mass is 327 g/mol. The first-order chi connectivity index (χ1) is 11.6. The Balaban J connectivity index is 1.38. The molecular formula is C21H24FO2. The van der Waals surface area contributed by atoms with Gasteiger partial charge in [-0.3, -0.25) is 4.79 Å². The van der Waals surface area contributed by atoms with Crippen LogP contribution >= 0.6 is 0 Å². The average Bonchev–Trinajstić information content (AvgIpc) is 3.36. The van der Waals surface area contributed by atoms with E-state index in [4.69, 9.17) is 4.74 Å². The molecule has 24 heavy (non-hydrogen) atoms. The van der Waals surface area contributed by atoms with Gasteiger partial charge in [-0.25, -0.2) is 4.39 Å². The summed E-state index contributed by atoms with van der Waals surface area (Å²) in [6, 6.07) is 3.09. The summed E-state index contributed by atoms with van der Waals surface area (Å²) < 4.78 is 20.3. The van der Waals surface area contributed by atoms with Crippen molar-refractivity contribution in [1.29, 1.82) is 0 Å². The maximum Gasteiger partial charge on any atom is 0.236 e. The SMILES string of the molecule is O=[C]c1cc(C2CC2)c(OCC23CC4CC(CC(C4)C2)C3)cc1F. The third-order valence-corrected chi connectivity index (χ3v) is 6.93. The van der Waals surface area contributed by atoms with Crippen LogP contribution in [0.25, 0.3) is 0 Å². The van der Waals surface area contributed by atoms with Crippen LogP contribution in [-0.4, -0.2) is 12.9 Å². The van der Waals surface area contributed by atoms with Crippen molar-refractivity contribution in [2.75, 3.05) is 6.61 Å². The van der Waals surface area contributed by atoms with Gasteiger partial charge < -0.3 is 4.74 Å². The normalized spacial score (nSPS) is 36.8. The van der Waals surface area contributed by atoms with Crippen molar-refractivity contribution in [3.63, 3.8) is 0 Å². The van der Waals surface area contributed by atoms with Gasteiger partial charge in [0.15, 0.2) is 0 Å². The highest BCUT2D eigenvalue weighted by molar-refractivity contribution is 5.77. The first-order valence-corrected chi connectivity index (χ1v) is 9.48. The lowest BCUT2D eigenvalue weighted by Gasteiger charge is -2.56. The predicted octanol–water partition coefficient (Wildman–Crippen LogP) is 4.76. The number of halogens is 1. The smallest absolute Gasteiger partial charge is 0.236 e. The standard InChI is InChI=1S/C21H24FO2/c22-19-7-20(18(16-1-2-16)6-17(19)11-23)24-12-21-8-13-3-14(9-21)5-15(4-13)10-21/h6-7,13-16H,1-5,8-10,12H2. The lowest BCUT2D eigenvalue weighted by molar-refractivity contribution is -0.0746. The van der Waals surface area contributed by atoms with Gasteiger partial charge in [0.1, 0.15) is 11.6 Å². The Hall–Kier alpha value is -1.38. The molecule has 0 aliphatic heterocycles. The molecule has 0 unspecified atom stereocenters. The molecule has 5 saturated carbocycles. The van der Waals surface area contributed by atoms with Crippen molar-refractivity contribution >= 4 is 6.29 Å². The van der Waals surface area contributed by atoms with E-state index in [0.29, 0.717) is 17.1 Å². The lowest BCUT2D eigenvalue weighted by Crippen LogP contribution is -2.48. The molecule has 5 aliphatic carbocycles. The molecule has 6 rings (SSSR count). The van der Waals surface area contributed by atoms with Crippen molar-refractivity contribution in [3.8, 4) is 5.75 Å². The first-order valence-electron chi connectivity index (χ1n) is 9.48. The number of hydrogen-bond acceptors (Lipinski definition) is 2. The summed E-state index contributed by atoms with van der Waals surface area (Å²) in [7, 11) is 0. The molecule has 0 spiro atoms. The van der Waals surface area contributed by atoms with Gasteiger partial charge in [0.25, 0.3) is 0 Å². The molecular weight excluding hydrogens is 303 g/mol. The van der Waals surface area contributed by atoms with Crippen LogP contribution in [0.4, 0.5) is 4.39 Å². The molecule has 0 amide bonds. The molecule has 0 saturated heterocycles. The Labute approximate surface area is 142 Å². The van der Waals surface area contributed by atoms with Gasteiger partial charge in [-0.1, -0.05) is 0 Å². The largest absolute Gasteiger partial charge is 0.493 e. The summed E-state index contributed by atoms with van der Waals surface area (Å²) >= 11 is 0. The Morgan fingerprint density at radius 3 is 2.25 bits per heavy atom. The van der Waals surface area contributed by atoms with Crippen LogP contribution in [-0.2, 0) is 4.79 Å². The molecule has 2 nitrogen and oxygen atoms in total. The second kappa shape index (κ2) is 5.31. The average molecular weight is 327 g/mol. The summed E-state index contributed by atoms with van der Waals surface area (Å²) in [4.78, 5) is 10.9. The van der Waals surface area contributed by atoms with E-state index in [0.717, 1.165) is 42.8 Å². The molecule has 5 fully saturated rings. The molecule has 4 bridgehead atoms. The number of hydrogen-bond donors (Lipinski definition) is 0. The topological polar surface area (TPSA) is 26.3 Å². The molecule has 0 N–H and O–H groups in total. The van der Waals surface area contributed by atoms with E-state index in [1.165, 1.54) is 44.6 Å². The highest BCUT2D eigenvalue weighted by Gasteiger charge is 2.51. The third kappa shape index (κ3) is 2.48. The van der Waals surface area contributed by atoms with Crippen molar-refractivity contribution < 1.29 is 13.9 Å². The zero-order valence-electron chi connectivity index (χ0n) is 14.0. The number of carbonyl (C=O) groups excluding carboxylic acids is 1. The summed E-state index contributed by atoms with van der Waals surface area (Å²) in [6.45, 7) is 0.722. The zero-order chi connectivity index (χ0) is 16.3. The fourth-order valence-corrected chi connectivity index (χ4v) is 6.19. The van der Waals surface area contributed by atoms with Gasteiger partial charge in [-0.2, -0.15) is 0 Å². The third-order valence-electron chi connectivity index (χ3n) is 6.93. The van der Waals surface area contributed by atoms with Crippen LogP contribution in [0.1, 0.15) is 68.4 Å². The van der Waals surface area contributed by atoms with Gasteiger partial charge in [0.2, 0.25) is 6.29 Å². The van der Waals surface area contributed by atoms with Crippen LogP contribution < -0.4 is 4.74 Å². The molecule has 0 atom stereocenters. The first kappa shape index (κ1) is 14.9. The quantitative estimate of drug-likeness (QED) is 0.779. The Morgan fingerprint density at radius 2 is 1.71 bits per heavy atom. The minimum Gasteiger partial charge on any atom is -0.493 e. The molecule has 1 radical (unpaired) electrons. The van der Waals surface area contributed by atoms with Gasteiger partial charge in [-0.15, -0.1) is 0 Å². The second-order valence-corrected chi connectivity index (χ2v) is 8.95. The van der Waals surface area contributed by atoms with Crippen LogP contribution in [0.2, 0.25) is 0 Å².